The molecule has 0 aromatic carbocycles. The molecule has 0 bridgehead atoms. The molecule has 1 heterocycles. The van der Waals surface area contributed by atoms with Gasteiger partial charge in [0.2, 0.25) is 5.88 Å². The lowest BCUT2D eigenvalue weighted by Gasteiger charge is -2.09. The quantitative estimate of drug-likeness (QED) is 0.766. The zero-order chi connectivity index (χ0) is 9.84. The average Bonchev–Trinajstić information content (AvgIpc) is 2.07. The summed E-state index contributed by atoms with van der Waals surface area (Å²) in [5, 5.41) is 0. The molecule has 70 valence electrons. The Morgan fingerprint density at radius 1 is 1.62 bits per heavy atom. The van der Waals surface area contributed by atoms with Crippen LogP contribution in [-0.2, 0) is 0 Å². The molecule has 0 aliphatic heterocycles. The molecule has 1 rings (SSSR count). The summed E-state index contributed by atoms with van der Waals surface area (Å²) in [5.74, 6) is 0.383. The molecule has 0 N–H and O–H groups in total. The Morgan fingerprint density at radius 3 is 2.85 bits per heavy atom. The summed E-state index contributed by atoms with van der Waals surface area (Å²) in [5.41, 5.74) is 0.461. The van der Waals surface area contributed by atoms with Gasteiger partial charge in [0.25, 0.3) is 0 Å². The second-order valence-corrected chi connectivity index (χ2v) is 3.75. The zero-order valence-electron chi connectivity index (χ0n) is 7.45. The maximum atomic E-state index is 10.6. The van der Waals surface area contributed by atoms with Crippen molar-refractivity contribution in [2.75, 3.05) is 0 Å². The smallest absolute Gasteiger partial charge is 0.224 e. The predicted molar refractivity (Wildman–Crippen MR) is 53.1 cm³/mol. The van der Waals surface area contributed by atoms with Crippen LogP contribution in [0.25, 0.3) is 0 Å². The van der Waals surface area contributed by atoms with Gasteiger partial charge in [0.1, 0.15) is 0 Å². The molecule has 13 heavy (non-hydrogen) atoms. The van der Waals surface area contributed by atoms with E-state index >= 15 is 0 Å². The van der Waals surface area contributed by atoms with Crippen molar-refractivity contribution in [3.63, 3.8) is 0 Å². The number of hydrogen-bond acceptors (Lipinski definition) is 3. The van der Waals surface area contributed by atoms with Gasteiger partial charge < -0.3 is 4.74 Å². The van der Waals surface area contributed by atoms with Crippen LogP contribution in [-0.4, -0.2) is 17.4 Å². The van der Waals surface area contributed by atoms with Gasteiger partial charge in [-0.2, -0.15) is 0 Å². The number of rotatable bonds is 3. The van der Waals surface area contributed by atoms with Crippen LogP contribution in [0.5, 0.6) is 5.88 Å². The van der Waals surface area contributed by atoms with Crippen molar-refractivity contribution in [1.82, 2.24) is 4.98 Å². The third-order valence-electron chi connectivity index (χ3n) is 1.32. The van der Waals surface area contributed by atoms with E-state index in [9.17, 15) is 4.79 Å². The van der Waals surface area contributed by atoms with Crippen LogP contribution < -0.4 is 4.74 Å². The van der Waals surface area contributed by atoms with E-state index in [0.29, 0.717) is 11.4 Å². The summed E-state index contributed by atoms with van der Waals surface area (Å²) in [4.78, 5) is 14.6. The summed E-state index contributed by atoms with van der Waals surface area (Å²) < 4.78 is 6.10. The molecule has 0 amide bonds. The Morgan fingerprint density at radius 2 is 2.31 bits per heavy atom. The normalized spacial score (nSPS) is 10.2. The first kappa shape index (κ1) is 10.2. The van der Waals surface area contributed by atoms with Crippen molar-refractivity contribution >= 4 is 22.2 Å². The van der Waals surface area contributed by atoms with Crippen LogP contribution in [0.15, 0.2) is 16.7 Å². The van der Waals surface area contributed by atoms with Crippen molar-refractivity contribution in [2.45, 2.75) is 20.0 Å². The minimum absolute atomic E-state index is 0.0207. The van der Waals surface area contributed by atoms with Gasteiger partial charge in [-0.3, -0.25) is 4.79 Å². The van der Waals surface area contributed by atoms with Crippen LogP contribution in [0.1, 0.15) is 24.2 Å². The third kappa shape index (κ3) is 2.81. The van der Waals surface area contributed by atoms with E-state index in [1.807, 2.05) is 13.8 Å². The summed E-state index contributed by atoms with van der Waals surface area (Å²) in [6, 6.07) is 1.68. The van der Waals surface area contributed by atoms with Crippen molar-refractivity contribution in [1.29, 1.82) is 0 Å². The number of carbonyl (C=O) groups is 1. The highest BCUT2D eigenvalue weighted by atomic mass is 79.9. The zero-order valence-corrected chi connectivity index (χ0v) is 9.04. The molecule has 1 aromatic rings. The van der Waals surface area contributed by atoms with Gasteiger partial charge >= 0.3 is 0 Å². The van der Waals surface area contributed by atoms with Gasteiger partial charge in [-0.25, -0.2) is 4.98 Å². The van der Waals surface area contributed by atoms with Gasteiger partial charge in [-0.15, -0.1) is 0 Å². The molecule has 0 atom stereocenters. The first-order chi connectivity index (χ1) is 6.13. The summed E-state index contributed by atoms with van der Waals surface area (Å²) in [6.07, 6.45) is 2.35. The Hall–Kier alpha value is -0.900. The highest BCUT2D eigenvalue weighted by molar-refractivity contribution is 9.10. The Kier molecular flexibility index (Phi) is 3.42. The van der Waals surface area contributed by atoms with E-state index in [-0.39, 0.29) is 6.10 Å². The Labute approximate surface area is 85.3 Å². The second-order valence-electron chi connectivity index (χ2n) is 2.83. The van der Waals surface area contributed by atoms with Gasteiger partial charge in [-0.1, -0.05) is 0 Å². The van der Waals surface area contributed by atoms with Crippen LogP contribution in [0.2, 0.25) is 0 Å². The number of ether oxygens (including phenoxy) is 1. The molecule has 0 fully saturated rings. The molecule has 4 heteroatoms. The highest BCUT2D eigenvalue weighted by Gasteiger charge is 2.06. The Bertz CT molecular complexity index is 312. The number of nitrogens with zero attached hydrogens (tertiary/aromatic N) is 1. The first-order valence-electron chi connectivity index (χ1n) is 3.91. The van der Waals surface area contributed by atoms with Crippen molar-refractivity contribution in [2.24, 2.45) is 0 Å². The van der Waals surface area contributed by atoms with Crippen LogP contribution >= 0.6 is 15.9 Å². The standard InChI is InChI=1S/C9H10BrNO2/c1-6(2)13-9-7(5-12)3-8(10)4-11-9/h3-6H,1-2H3. The number of aldehydes is 1. The van der Waals surface area contributed by atoms with Crippen LogP contribution in [0.3, 0.4) is 0 Å². The SMILES string of the molecule is CC(C)Oc1ncc(Br)cc1C=O. The van der Waals surface area contributed by atoms with E-state index < -0.39 is 0 Å². The van der Waals surface area contributed by atoms with Gasteiger partial charge in [0, 0.05) is 10.7 Å². The summed E-state index contributed by atoms with van der Waals surface area (Å²) >= 11 is 3.23. The summed E-state index contributed by atoms with van der Waals surface area (Å²) in [6.45, 7) is 3.77. The van der Waals surface area contributed by atoms with E-state index in [1.54, 1.807) is 12.3 Å². The molecule has 3 nitrogen and oxygen atoms in total. The molecule has 0 spiro atoms. The lowest BCUT2D eigenvalue weighted by atomic mass is 10.3. The number of pyridine rings is 1. The molecule has 0 aliphatic rings. The van der Waals surface area contributed by atoms with Crippen LogP contribution in [0.4, 0.5) is 0 Å². The molecule has 0 radical (unpaired) electrons. The number of carbonyl (C=O) groups excluding carboxylic acids is 1. The van der Waals surface area contributed by atoms with E-state index in [1.165, 1.54) is 0 Å². The van der Waals surface area contributed by atoms with Gasteiger partial charge in [0.15, 0.2) is 6.29 Å². The van der Waals surface area contributed by atoms with Gasteiger partial charge in [-0.05, 0) is 35.8 Å². The highest BCUT2D eigenvalue weighted by Crippen LogP contribution is 2.18. The van der Waals surface area contributed by atoms with Gasteiger partial charge in [0.05, 0.1) is 11.7 Å². The maximum Gasteiger partial charge on any atom is 0.224 e. The first-order valence-corrected chi connectivity index (χ1v) is 4.70. The van der Waals surface area contributed by atoms with E-state index in [4.69, 9.17) is 4.74 Å². The molecule has 1 aromatic heterocycles. The van der Waals surface area contributed by atoms with Crippen molar-refractivity contribution in [3.05, 3.63) is 22.3 Å². The van der Waals surface area contributed by atoms with Crippen molar-refractivity contribution < 1.29 is 9.53 Å². The number of aromatic nitrogens is 1. The summed E-state index contributed by atoms with van der Waals surface area (Å²) in [7, 11) is 0. The predicted octanol–water partition coefficient (Wildman–Crippen LogP) is 2.44. The molecular formula is C9H10BrNO2. The topological polar surface area (TPSA) is 39.2 Å². The molecule has 0 saturated carbocycles. The van der Waals surface area contributed by atoms with Crippen LogP contribution in [0, 0.1) is 0 Å². The lowest BCUT2D eigenvalue weighted by Crippen LogP contribution is -2.08. The third-order valence-corrected chi connectivity index (χ3v) is 1.75. The molecule has 0 aliphatic carbocycles. The monoisotopic (exact) mass is 243 g/mol. The number of halogens is 1. The fraction of sp³-hybridized carbons (Fsp3) is 0.333. The molecule has 0 unspecified atom stereocenters. The van der Waals surface area contributed by atoms with E-state index in [0.717, 1.165) is 10.8 Å². The van der Waals surface area contributed by atoms with Crippen molar-refractivity contribution in [3.8, 4) is 5.88 Å². The average molecular weight is 244 g/mol. The minimum Gasteiger partial charge on any atom is -0.474 e. The minimum atomic E-state index is 0.0207. The Balaban J connectivity index is 2.99. The lowest BCUT2D eigenvalue weighted by molar-refractivity contribution is 0.111. The fourth-order valence-electron chi connectivity index (χ4n) is 0.849. The fourth-order valence-corrected chi connectivity index (χ4v) is 1.20. The molecule has 0 saturated heterocycles. The number of hydrogen-bond donors (Lipinski definition) is 0. The van der Waals surface area contributed by atoms with E-state index in [2.05, 4.69) is 20.9 Å². The second kappa shape index (κ2) is 4.37. The largest absolute Gasteiger partial charge is 0.474 e. The molecular weight excluding hydrogens is 234 g/mol. The maximum absolute atomic E-state index is 10.6.